The maximum absolute atomic E-state index is 15.9. The van der Waals surface area contributed by atoms with Gasteiger partial charge in [0.2, 0.25) is 11.8 Å². The van der Waals surface area contributed by atoms with Gasteiger partial charge < -0.3 is 102 Å². The molecule has 108 heavy (non-hydrogen) atoms. The number of benzene rings is 4. The smallest absolute Gasteiger partial charge is 0.407 e. The number of amides is 3. The normalized spacial score (nSPS) is 25.3. The van der Waals surface area contributed by atoms with Crippen LogP contribution in [0.25, 0.3) is 11.1 Å². The molecule has 584 valence electrons. The molecule has 0 radical (unpaired) electrons. The van der Waals surface area contributed by atoms with E-state index in [9.17, 15) is 62.6 Å². The standard InChI is InChI=1S/C74H87N3O31/c1-37(59(69(88)89)77-73(91)96-33-54-52-28-20-18-26-50(52)51-27-19-21-29-53(51)54)97-70-61(76-39(3)79)65(62(100-44(8)84)58(104-70)36-94-41(5)81)106-71-68(103-47(11)87)67(64(102-46(10)86)56(105-71)34-92-31-48-22-14-12-15-23-48)108-74(72(90)95-32-49-24-16-13-17-25-49)30-55(98-42(6)82)60(75-38(2)78)66(107-74)63(101-45(9)85)57(99-43(7)83)35-93-40(4)80/h12-29,37,54-68,70-71H,30-36H2,1-11H3,(H,75,78)(H,76,79)(H,77,91)(H,88,89)/t37-,55+,56-,57-,58-,59+,60-,61-,62+,63-,64+,65-,66-,67+,68-,70+,71+,74+/m1/s1. The zero-order valence-electron chi connectivity index (χ0n) is 60.9. The number of rotatable bonds is 32. The van der Waals surface area contributed by atoms with Crippen LogP contribution in [0.2, 0.25) is 0 Å². The lowest BCUT2D eigenvalue weighted by atomic mass is 9.87. The molecule has 0 spiro atoms. The molecule has 4 aromatic rings. The number of esters is 9. The lowest BCUT2D eigenvalue weighted by Gasteiger charge is -2.52. The van der Waals surface area contributed by atoms with Gasteiger partial charge in [-0.15, -0.1) is 0 Å². The first-order valence-corrected chi connectivity index (χ1v) is 34.3. The molecule has 3 fully saturated rings. The molecule has 34 nitrogen and oxygen atoms in total. The minimum Gasteiger partial charge on any atom is -0.480 e. The maximum atomic E-state index is 15.9. The van der Waals surface area contributed by atoms with Gasteiger partial charge in [0.05, 0.1) is 31.8 Å². The highest BCUT2D eigenvalue weighted by Crippen LogP contribution is 2.46. The molecule has 3 heterocycles. The van der Waals surface area contributed by atoms with E-state index in [0.717, 1.165) is 91.5 Å². The fourth-order valence-electron chi connectivity index (χ4n) is 13.0. The Morgan fingerprint density at radius 2 is 1.02 bits per heavy atom. The van der Waals surface area contributed by atoms with Gasteiger partial charge in [-0.3, -0.25) is 47.9 Å². The van der Waals surface area contributed by atoms with Crippen molar-refractivity contribution in [3.05, 3.63) is 131 Å². The number of carboxylic acid groups (broad SMARTS) is 1. The maximum Gasteiger partial charge on any atom is 0.407 e. The van der Waals surface area contributed by atoms with Gasteiger partial charge in [0.15, 0.2) is 49.1 Å². The number of alkyl carbamates (subject to hydrolysis) is 1. The number of hydrogen-bond donors (Lipinski definition) is 4. The molecular weight excluding hydrogens is 1430 g/mol. The number of hydrogen-bond acceptors (Lipinski definition) is 30. The van der Waals surface area contributed by atoms with Crippen molar-refractivity contribution < 1.29 is 148 Å². The molecule has 1 aliphatic carbocycles. The van der Waals surface area contributed by atoms with E-state index in [-0.39, 0.29) is 13.2 Å². The highest BCUT2D eigenvalue weighted by atomic mass is 16.8. The van der Waals surface area contributed by atoms with E-state index in [1.165, 1.54) is 6.92 Å². The topological polar surface area (TPSA) is 435 Å². The third-order valence-electron chi connectivity index (χ3n) is 17.2. The van der Waals surface area contributed by atoms with Crippen molar-refractivity contribution in [1.82, 2.24) is 16.0 Å². The van der Waals surface area contributed by atoms with Gasteiger partial charge in [0, 0.05) is 75.2 Å². The van der Waals surface area contributed by atoms with E-state index in [4.69, 9.17) is 80.5 Å². The molecule has 18 atom stereocenters. The van der Waals surface area contributed by atoms with Crippen LogP contribution in [0.15, 0.2) is 109 Å². The van der Waals surface area contributed by atoms with Crippen LogP contribution in [0.3, 0.4) is 0 Å². The molecule has 3 saturated heterocycles. The van der Waals surface area contributed by atoms with Gasteiger partial charge in [-0.2, -0.15) is 0 Å². The van der Waals surface area contributed by atoms with Crippen molar-refractivity contribution in [2.24, 2.45) is 0 Å². The van der Waals surface area contributed by atoms with E-state index >= 15 is 4.79 Å². The van der Waals surface area contributed by atoms with Crippen molar-refractivity contribution in [2.45, 2.75) is 211 Å². The van der Waals surface area contributed by atoms with Gasteiger partial charge >= 0.3 is 65.8 Å². The van der Waals surface area contributed by atoms with Crippen molar-refractivity contribution in [2.75, 3.05) is 26.4 Å². The first-order valence-electron chi connectivity index (χ1n) is 34.3. The fourth-order valence-corrected chi connectivity index (χ4v) is 13.0. The molecule has 0 bridgehead atoms. The second-order valence-corrected chi connectivity index (χ2v) is 25.6. The van der Waals surface area contributed by atoms with Crippen LogP contribution in [-0.2, 0) is 151 Å². The quantitative estimate of drug-likeness (QED) is 0.0399. The minimum atomic E-state index is -3.27. The minimum absolute atomic E-state index is 0.205. The monoisotopic (exact) mass is 1510 g/mol. The van der Waals surface area contributed by atoms with Gasteiger partial charge in [0.25, 0.3) is 5.79 Å². The van der Waals surface area contributed by atoms with E-state index in [0.29, 0.717) is 11.1 Å². The number of aliphatic carboxylic acids is 1. The summed E-state index contributed by atoms with van der Waals surface area (Å²) >= 11 is 0. The predicted octanol–water partition coefficient (Wildman–Crippen LogP) is 3.77. The van der Waals surface area contributed by atoms with Crippen molar-refractivity contribution in [1.29, 1.82) is 0 Å². The average Bonchev–Trinajstić information content (AvgIpc) is 1.18. The number of ether oxygens (including phenoxy) is 17. The number of fused-ring (bicyclic) bond motifs is 3. The molecule has 0 aromatic heterocycles. The first kappa shape index (κ1) is 83.2. The molecular formula is C74H87N3O31. The number of carbonyl (C=O) groups excluding carboxylic acids is 12. The lowest BCUT2D eigenvalue weighted by Crippen LogP contribution is -2.72. The Hall–Kier alpha value is -10.5. The predicted molar refractivity (Wildman–Crippen MR) is 364 cm³/mol. The lowest BCUT2D eigenvalue weighted by molar-refractivity contribution is -0.383. The summed E-state index contributed by atoms with van der Waals surface area (Å²) in [5.74, 6) is -17.3. The SMILES string of the molecule is CC(=O)N[C@H]1[C@@H](O[C@H](C)[C@H](NC(=O)OCC2c3ccccc3-c3ccccc32)C(=O)O)O[C@H](COC(C)=O)[C@H](OC(C)=O)[C@@H]1O[C@@H]1O[C@H](COCc2ccccc2)[C@H](OC(C)=O)[C@H](O[C@]2(C(=O)OCc3ccccc3)C[C@H](OC(C)=O)[C@@H](NC(C)=O)[C@H]([C@H](OC(C)=O)[C@@H](COC(C)=O)OC(C)=O)O2)[C@H]1OC(C)=O. The average molecular weight is 1510 g/mol. The molecule has 4 aliphatic rings. The Morgan fingerprint density at radius 3 is 1.56 bits per heavy atom. The Kier molecular flexibility index (Phi) is 29.5. The zero-order chi connectivity index (χ0) is 78.7. The van der Waals surface area contributed by atoms with Gasteiger partial charge in [0.1, 0.15) is 69.1 Å². The zero-order valence-corrected chi connectivity index (χ0v) is 60.9. The Morgan fingerprint density at radius 1 is 0.509 bits per heavy atom. The summed E-state index contributed by atoms with van der Waals surface area (Å²) < 4.78 is 105. The molecule has 34 heteroatoms. The summed E-state index contributed by atoms with van der Waals surface area (Å²) in [6.07, 6.45) is -30.7. The van der Waals surface area contributed by atoms with E-state index in [1.54, 1.807) is 60.7 Å². The number of nitrogens with one attached hydrogen (secondary N) is 3. The molecule has 0 saturated carbocycles. The second kappa shape index (κ2) is 38.4. The van der Waals surface area contributed by atoms with Crippen LogP contribution in [-0.4, -0.2) is 219 Å². The Labute approximate surface area is 619 Å². The van der Waals surface area contributed by atoms with Crippen LogP contribution >= 0.6 is 0 Å². The summed E-state index contributed by atoms with van der Waals surface area (Å²) in [5.41, 5.74) is 4.43. The van der Waals surface area contributed by atoms with Crippen LogP contribution in [0.5, 0.6) is 0 Å². The molecule has 3 aliphatic heterocycles. The summed E-state index contributed by atoms with van der Waals surface area (Å²) in [7, 11) is 0. The third kappa shape index (κ3) is 22.5. The van der Waals surface area contributed by atoms with Crippen LogP contribution in [0, 0.1) is 0 Å². The summed E-state index contributed by atoms with van der Waals surface area (Å²) in [4.78, 5) is 177. The van der Waals surface area contributed by atoms with E-state index < -0.39 is 226 Å². The van der Waals surface area contributed by atoms with Gasteiger partial charge in [-0.25, -0.2) is 14.4 Å². The molecule has 3 amide bonds. The van der Waals surface area contributed by atoms with Crippen LogP contribution in [0.1, 0.15) is 111 Å². The van der Waals surface area contributed by atoms with Gasteiger partial charge in [-0.1, -0.05) is 109 Å². The molecule has 0 unspecified atom stereocenters. The highest BCUT2D eigenvalue weighted by Gasteiger charge is 2.65. The summed E-state index contributed by atoms with van der Waals surface area (Å²) in [5, 5.41) is 18.3. The molecule has 4 aromatic carbocycles. The van der Waals surface area contributed by atoms with Crippen molar-refractivity contribution in [3.63, 3.8) is 0 Å². The summed E-state index contributed by atoms with van der Waals surface area (Å²) in [6, 6.07) is 25.8. The number of carbonyl (C=O) groups is 13. The summed E-state index contributed by atoms with van der Waals surface area (Å²) in [6.45, 7) is 7.39. The Bertz CT molecular complexity index is 3830. The molecule has 4 N–H and O–H groups in total. The van der Waals surface area contributed by atoms with Gasteiger partial charge in [-0.05, 0) is 40.3 Å². The second-order valence-electron chi connectivity index (χ2n) is 25.6. The third-order valence-corrected chi connectivity index (χ3v) is 17.2. The Balaban J connectivity index is 1.29. The van der Waals surface area contributed by atoms with E-state index in [1.807, 2.05) is 48.5 Å². The van der Waals surface area contributed by atoms with Crippen molar-refractivity contribution in [3.8, 4) is 11.1 Å². The fraction of sp³-hybridized carbons (Fsp3) is 0.500. The molecule has 8 rings (SSSR count). The van der Waals surface area contributed by atoms with Crippen LogP contribution in [0.4, 0.5) is 4.79 Å². The van der Waals surface area contributed by atoms with Crippen LogP contribution < -0.4 is 16.0 Å². The largest absolute Gasteiger partial charge is 0.480 e. The number of carboxylic acids is 1. The highest BCUT2D eigenvalue weighted by molar-refractivity contribution is 5.82. The first-order chi connectivity index (χ1) is 51.3. The van der Waals surface area contributed by atoms with E-state index in [2.05, 4.69) is 16.0 Å². The van der Waals surface area contributed by atoms with Crippen molar-refractivity contribution >= 4 is 77.6 Å².